The van der Waals surface area contributed by atoms with Crippen LogP contribution in [0.2, 0.25) is 0 Å². The van der Waals surface area contributed by atoms with Gasteiger partial charge in [-0.15, -0.1) is 0 Å². The number of allylic oxidation sites excluding steroid dienone is 2. The lowest BCUT2D eigenvalue weighted by molar-refractivity contribution is 0.314. The van der Waals surface area contributed by atoms with E-state index >= 15 is 0 Å². The standard InChI is InChI=1S/C13H20N4O/c1-9(17-6-4-5-7-17)12-10(15-2)8-11(18-3)13(14)16-12/h8H,4-7H2,1-3H3,(H2,14,16)/b12-9-,15-10?. The molecule has 2 rings (SSSR count). The molecule has 0 aliphatic carbocycles. The smallest absolute Gasteiger partial charge is 0.166 e. The quantitative estimate of drug-likeness (QED) is 0.800. The number of nitrogens with zero attached hydrogens (tertiary/aromatic N) is 3. The third-order valence-corrected chi connectivity index (χ3v) is 3.38. The second-order valence-electron chi connectivity index (χ2n) is 4.45. The van der Waals surface area contributed by atoms with Crippen LogP contribution >= 0.6 is 0 Å². The summed E-state index contributed by atoms with van der Waals surface area (Å²) in [6, 6.07) is 0. The Labute approximate surface area is 108 Å². The lowest BCUT2D eigenvalue weighted by atomic mass is 10.1. The monoisotopic (exact) mass is 248 g/mol. The zero-order valence-electron chi connectivity index (χ0n) is 11.2. The molecule has 1 saturated heterocycles. The van der Waals surface area contributed by atoms with Crippen molar-refractivity contribution in [1.29, 1.82) is 0 Å². The Balaban J connectivity index is 2.38. The number of hydrogen-bond acceptors (Lipinski definition) is 5. The molecule has 0 radical (unpaired) electrons. The number of nitrogens with two attached hydrogens (primary N) is 1. The lowest BCUT2D eigenvalue weighted by Crippen LogP contribution is -2.26. The van der Waals surface area contributed by atoms with Crippen molar-refractivity contribution in [2.45, 2.75) is 19.8 Å². The molecule has 0 aromatic heterocycles. The van der Waals surface area contributed by atoms with Crippen LogP contribution in [0.25, 0.3) is 0 Å². The minimum absolute atomic E-state index is 0.415. The van der Waals surface area contributed by atoms with Gasteiger partial charge in [0.25, 0.3) is 0 Å². The molecule has 2 aliphatic rings. The summed E-state index contributed by atoms with van der Waals surface area (Å²) >= 11 is 0. The second kappa shape index (κ2) is 5.25. The number of dihydropyridines is 1. The molecule has 98 valence electrons. The molecule has 18 heavy (non-hydrogen) atoms. The summed E-state index contributed by atoms with van der Waals surface area (Å²) in [5.74, 6) is 0.993. The van der Waals surface area contributed by atoms with E-state index in [0.717, 1.165) is 30.2 Å². The molecule has 0 atom stereocenters. The van der Waals surface area contributed by atoms with Crippen molar-refractivity contribution < 1.29 is 4.74 Å². The fourth-order valence-electron chi connectivity index (χ4n) is 2.30. The minimum Gasteiger partial charge on any atom is -0.493 e. The zero-order chi connectivity index (χ0) is 13.1. The molecule has 0 saturated carbocycles. The van der Waals surface area contributed by atoms with Crippen molar-refractivity contribution >= 4 is 11.5 Å². The van der Waals surface area contributed by atoms with Crippen LogP contribution in [0.15, 0.2) is 33.2 Å². The molecule has 0 aromatic carbocycles. The highest BCUT2D eigenvalue weighted by Crippen LogP contribution is 2.22. The highest BCUT2D eigenvalue weighted by Gasteiger charge is 2.21. The Kier molecular flexibility index (Phi) is 3.69. The molecule has 0 unspecified atom stereocenters. The summed E-state index contributed by atoms with van der Waals surface area (Å²) in [4.78, 5) is 11.0. The first-order valence-electron chi connectivity index (χ1n) is 6.20. The molecule has 2 aliphatic heterocycles. The molecule has 2 N–H and O–H groups in total. The third-order valence-electron chi connectivity index (χ3n) is 3.38. The Bertz CT molecular complexity index is 454. The van der Waals surface area contributed by atoms with E-state index in [9.17, 15) is 0 Å². The van der Waals surface area contributed by atoms with Crippen LogP contribution in [0.4, 0.5) is 0 Å². The minimum atomic E-state index is 0.415. The van der Waals surface area contributed by atoms with Crippen molar-refractivity contribution in [3.05, 3.63) is 23.2 Å². The largest absolute Gasteiger partial charge is 0.493 e. The second-order valence-corrected chi connectivity index (χ2v) is 4.45. The van der Waals surface area contributed by atoms with E-state index < -0.39 is 0 Å². The molecular weight excluding hydrogens is 228 g/mol. The van der Waals surface area contributed by atoms with E-state index in [1.165, 1.54) is 12.8 Å². The number of rotatable bonds is 2. The topological polar surface area (TPSA) is 63.2 Å². The number of aliphatic imine (C=N–C) groups is 2. The van der Waals surface area contributed by atoms with Crippen molar-refractivity contribution in [2.75, 3.05) is 27.2 Å². The Morgan fingerprint density at radius 1 is 1.44 bits per heavy atom. The summed E-state index contributed by atoms with van der Waals surface area (Å²) < 4.78 is 5.18. The van der Waals surface area contributed by atoms with Gasteiger partial charge in [-0.3, -0.25) is 4.99 Å². The normalized spacial score (nSPS) is 25.1. The molecular formula is C13H20N4O. The number of ether oxygens (including phenoxy) is 1. The number of methoxy groups -OCH3 is 1. The predicted molar refractivity (Wildman–Crippen MR) is 73.6 cm³/mol. The maximum absolute atomic E-state index is 5.88. The summed E-state index contributed by atoms with van der Waals surface area (Å²) in [5.41, 5.74) is 8.71. The summed E-state index contributed by atoms with van der Waals surface area (Å²) in [6.45, 7) is 4.25. The van der Waals surface area contributed by atoms with Gasteiger partial charge in [0.2, 0.25) is 0 Å². The van der Waals surface area contributed by atoms with Gasteiger partial charge >= 0.3 is 0 Å². The Hall–Kier alpha value is -1.78. The lowest BCUT2D eigenvalue weighted by Gasteiger charge is -2.23. The molecule has 2 heterocycles. The van der Waals surface area contributed by atoms with Gasteiger partial charge in [-0.25, -0.2) is 4.99 Å². The average molecular weight is 248 g/mol. The highest BCUT2D eigenvalue weighted by molar-refractivity contribution is 6.17. The molecule has 1 fully saturated rings. The molecule has 5 nitrogen and oxygen atoms in total. The third kappa shape index (κ3) is 2.25. The van der Waals surface area contributed by atoms with Crippen LogP contribution in [0.1, 0.15) is 19.8 Å². The van der Waals surface area contributed by atoms with Gasteiger partial charge < -0.3 is 15.4 Å². The first kappa shape index (κ1) is 12.7. The molecule has 0 bridgehead atoms. The van der Waals surface area contributed by atoms with Crippen molar-refractivity contribution in [1.82, 2.24) is 4.90 Å². The van der Waals surface area contributed by atoms with Gasteiger partial charge in [-0.05, 0) is 19.8 Å². The van der Waals surface area contributed by atoms with Crippen LogP contribution in [0.5, 0.6) is 0 Å². The van der Waals surface area contributed by atoms with Gasteiger partial charge in [0.1, 0.15) is 5.70 Å². The molecule has 5 heteroatoms. The maximum atomic E-state index is 5.88. The zero-order valence-corrected chi connectivity index (χ0v) is 11.2. The number of amidine groups is 1. The molecule has 0 amide bonds. The van der Waals surface area contributed by atoms with Crippen molar-refractivity contribution in [3.8, 4) is 0 Å². The van der Waals surface area contributed by atoms with Crippen molar-refractivity contribution in [3.63, 3.8) is 0 Å². The van der Waals surface area contributed by atoms with Gasteiger partial charge in [0, 0.05) is 31.9 Å². The average Bonchev–Trinajstić information content (AvgIpc) is 2.91. The van der Waals surface area contributed by atoms with Crippen LogP contribution in [0, 0.1) is 0 Å². The van der Waals surface area contributed by atoms with E-state index in [1.54, 1.807) is 14.2 Å². The fraction of sp³-hybridized carbons (Fsp3) is 0.538. The Morgan fingerprint density at radius 2 is 2.11 bits per heavy atom. The maximum Gasteiger partial charge on any atom is 0.166 e. The van der Waals surface area contributed by atoms with Gasteiger partial charge in [0.05, 0.1) is 12.8 Å². The van der Waals surface area contributed by atoms with Gasteiger partial charge in [-0.1, -0.05) is 0 Å². The van der Waals surface area contributed by atoms with Crippen LogP contribution in [-0.2, 0) is 4.74 Å². The van der Waals surface area contributed by atoms with E-state index in [-0.39, 0.29) is 0 Å². The van der Waals surface area contributed by atoms with Crippen LogP contribution in [0.3, 0.4) is 0 Å². The first-order valence-corrected chi connectivity index (χ1v) is 6.20. The van der Waals surface area contributed by atoms with E-state index in [4.69, 9.17) is 10.5 Å². The summed E-state index contributed by atoms with van der Waals surface area (Å²) in [6.07, 6.45) is 4.32. The summed E-state index contributed by atoms with van der Waals surface area (Å²) in [7, 11) is 3.34. The molecule has 0 aromatic rings. The Morgan fingerprint density at radius 3 is 2.67 bits per heavy atom. The number of likely N-dealkylation sites (tertiary alicyclic amines) is 1. The van der Waals surface area contributed by atoms with Crippen LogP contribution in [-0.4, -0.2) is 43.7 Å². The van der Waals surface area contributed by atoms with E-state index in [0.29, 0.717) is 11.6 Å². The number of hydrogen-bond donors (Lipinski definition) is 1. The fourth-order valence-corrected chi connectivity index (χ4v) is 2.30. The van der Waals surface area contributed by atoms with Crippen molar-refractivity contribution in [2.24, 2.45) is 15.7 Å². The predicted octanol–water partition coefficient (Wildman–Crippen LogP) is 1.29. The van der Waals surface area contributed by atoms with Gasteiger partial charge in [-0.2, -0.15) is 0 Å². The van der Waals surface area contributed by atoms with E-state index in [2.05, 4.69) is 21.8 Å². The van der Waals surface area contributed by atoms with E-state index in [1.807, 2.05) is 6.08 Å². The molecule has 0 spiro atoms. The summed E-state index contributed by atoms with van der Waals surface area (Å²) in [5, 5.41) is 0. The SMILES string of the molecule is CN=C1C=C(OC)C(N)=N/C1=C(/C)N1CCCC1. The van der Waals surface area contributed by atoms with Crippen LogP contribution < -0.4 is 5.73 Å². The first-order chi connectivity index (χ1) is 8.67. The van der Waals surface area contributed by atoms with Gasteiger partial charge in [0.15, 0.2) is 11.6 Å². The highest BCUT2D eigenvalue weighted by atomic mass is 16.5.